The summed E-state index contributed by atoms with van der Waals surface area (Å²) in [5, 5.41) is 3.51. The molecule has 2 atom stereocenters. The number of amides is 1. The molecule has 1 amide bonds. The first-order valence-corrected chi connectivity index (χ1v) is 12.4. The number of amidine groups is 1. The van der Waals surface area contributed by atoms with Gasteiger partial charge in [-0.15, -0.1) is 0 Å². The van der Waals surface area contributed by atoms with Crippen molar-refractivity contribution in [3.63, 3.8) is 0 Å². The Bertz CT molecular complexity index is 1040. The molecule has 0 radical (unpaired) electrons. The van der Waals surface area contributed by atoms with Gasteiger partial charge in [0.05, 0.1) is 24.2 Å². The molecular weight excluding hydrogens is 422 g/mol. The van der Waals surface area contributed by atoms with E-state index in [2.05, 4.69) is 10.3 Å². The summed E-state index contributed by atoms with van der Waals surface area (Å²) < 4.78 is 29.2. The lowest BCUT2D eigenvalue weighted by Crippen LogP contribution is -2.36. The number of hydrogen-bond acceptors (Lipinski definition) is 7. The van der Waals surface area contributed by atoms with Gasteiger partial charge in [-0.3, -0.25) is 9.79 Å². The van der Waals surface area contributed by atoms with E-state index in [9.17, 15) is 13.2 Å². The molecule has 2 heterocycles. The van der Waals surface area contributed by atoms with Gasteiger partial charge in [0.25, 0.3) is 0 Å². The Labute approximate surface area is 180 Å². The fraction of sp³-hybridized carbons (Fsp3) is 0.333. The van der Waals surface area contributed by atoms with Crippen molar-refractivity contribution >= 4 is 44.0 Å². The third-order valence-corrected chi connectivity index (χ3v) is 8.10. The minimum absolute atomic E-state index is 0.0783. The number of aliphatic imine (C=N–C) groups is 1. The van der Waals surface area contributed by atoms with Gasteiger partial charge in [-0.25, -0.2) is 8.42 Å². The van der Waals surface area contributed by atoms with Crippen LogP contribution in [0.25, 0.3) is 0 Å². The molecule has 158 valence electrons. The van der Waals surface area contributed by atoms with E-state index in [0.29, 0.717) is 17.5 Å². The SMILES string of the molecule is CCOc1ccc(NC(=O)CN(C2=NC3CS(=O)(=O)CC3S2)c2ccccc2)cc1. The third kappa shape index (κ3) is 4.79. The first kappa shape index (κ1) is 20.7. The second-order valence-electron chi connectivity index (χ2n) is 7.14. The topological polar surface area (TPSA) is 88.1 Å². The number of carbonyl (C=O) groups is 1. The summed E-state index contributed by atoms with van der Waals surface area (Å²) in [6.07, 6.45) is 0. The van der Waals surface area contributed by atoms with E-state index in [4.69, 9.17) is 4.74 Å². The molecule has 2 aliphatic heterocycles. The number of rotatable bonds is 6. The number of thioether (sulfide) groups is 1. The number of carbonyl (C=O) groups excluding carboxylic acids is 1. The first-order chi connectivity index (χ1) is 14.4. The van der Waals surface area contributed by atoms with Crippen LogP contribution in [0.2, 0.25) is 0 Å². The summed E-state index contributed by atoms with van der Waals surface area (Å²) in [5.74, 6) is 0.779. The third-order valence-electron chi connectivity index (χ3n) is 4.85. The number of nitrogens with zero attached hydrogens (tertiary/aromatic N) is 2. The molecule has 2 aromatic rings. The van der Waals surface area contributed by atoms with Gasteiger partial charge < -0.3 is 15.0 Å². The molecule has 2 aromatic carbocycles. The van der Waals surface area contributed by atoms with Crippen molar-refractivity contribution < 1.29 is 17.9 Å². The van der Waals surface area contributed by atoms with Crippen molar-refractivity contribution in [3.05, 3.63) is 54.6 Å². The first-order valence-electron chi connectivity index (χ1n) is 9.74. The Morgan fingerprint density at radius 1 is 1.17 bits per heavy atom. The van der Waals surface area contributed by atoms with Crippen LogP contribution in [0.3, 0.4) is 0 Å². The van der Waals surface area contributed by atoms with E-state index >= 15 is 0 Å². The van der Waals surface area contributed by atoms with E-state index in [-0.39, 0.29) is 35.2 Å². The Morgan fingerprint density at radius 3 is 2.57 bits per heavy atom. The molecule has 0 bridgehead atoms. The summed E-state index contributed by atoms with van der Waals surface area (Å²) in [6, 6.07) is 16.5. The summed E-state index contributed by atoms with van der Waals surface area (Å²) in [6.45, 7) is 2.58. The molecule has 4 rings (SSSR count). The molecule has 2 unspecified atom stereocenters. The summed E-state index contributed by atoms with van der Waals surface area (Å²) in [4.78, 5) is 19.3. The zero-order chi connectivity index (χ0) is 21.1. The standard InChI is InChI=1S/C21H23N3O4S2/c1-2-28-17-10-8-15(9-11-17)22-20(25)12-24(16-6-4-3-5-7-16)21-23-18-13-30(26,27)14-19(18)29-21/h3-11,18-19H,2,12-14H2,1H3,(H,22,25). The van der Waals surface area contributed by atoms with Gasteiger partial charge in [0.1, 0.15) is 12.3 Å². The second-order valence-corrected chi connectivity index (χ2v) is 10.5. The van der Waals surface area contributed by atoms with E-state index < -0.39 is 9.84 Å². The van der Waals surface area contributed by atoms with E-state index in [1.807, 2.05) is 54.3 Å². The monoisotopic (exact) mass is 445 g/mol. The van der Waals surface area contributed by atoms with Crippen LogP contribution in [0, 0.1) is 0 Å². The highest BCUT2D eigenvalue weighted by atomic mass is 32.2. The molecule has 7 nitrogen and oxygen atoms in total. The Balaban J connectivity index is 1.49. The van der Waals surface area contributed by atoms with Gasteiger partial charge in [-0.2, -0.15) is 0 Å². The zero-order valence-electron chi connectivity index (χ0n) is 16.5. The Hall–Kier alpha value is -2.52. The van der Waals surface area contributed by atoms with Crippen molar-refractivity contribution in [1.29, 1.82) is 0 Å². The van der Waals surface area contributed by atoms with Crippen molar-refractivity contribution in [1.82, 2.24) is 0 Å². The minimum atomic E-state index is -3.03. The van der Waals surface area contributed by atoms with Crippen molar-refractivity contribution in [3.8, 4) is 5.75 Å². The van der Waals surface area contributed by atoms with Crippen molar-refractivity contribution in [2.45, 2.75) is 18.2 Å². The van der Waals surface area contributed by atoms with E-state index in [0.717, 1.165) is 11.4 Å². The summed E-state index contributed by atoms with van der Waals surface area (Å²) in [5.41, 5.74) is 1.52. The highest BCUT2D eigenvalue weighted by Crippen LogP contribution is 2.36. The van der Waals surface area contributed by atoms with Crippen LogP contribution >= 0.6 is 11.8 Å². The maximum atomic E-state index is 12.8. The number of benzene rings is 2. The molecule has 30 heavy (non-hydrogen) atoms. The van der Waals surface area contributed by atoms with Crippen molar-refractivity contribution in [2.24, 2.45) is 4.99 Å². The molecule has 0 spiro atoms. The maximum Gasteiger partial charge on any atom is 0.244 e. The highest BCUT2D eigenvalue weighted by Gasteiger charge is 2.44. The molecule has 2 aliphatic rings. The fourth-order valence-corrected chi connectivity index (χ4v) is 7.27. The van der Waals surface area contributed by atoms with Crippen LogP contribution in [-0.2, 0) is 14.6 Å². The number of ether oxygens (including phenoxy) is 1. The lowest BCUT2D eigenvalue weighted by Gasteiger charge is -2.24. The number of anilines is 2. The quantitative estimate of drug-likeness (QED) is 0.736. The normalized spacial score (nSPS) is 21.6. The van der Waals surface area contributed by atoms with Gasteiger partial charge in [-0.05, 0) is 43.3 Å². The van der Waals surface area contributed by atoms with Crippen LogP contribution in [0.1, 0.15) is 6.92 Å². The van der Waals surface area contributed by atoms with Gasteiger partial charge in [-0.1, -0.05) is 30.0 Å². The molecule has 1 saturated heterocycles. The van der Waals surface area contributed by atoms with Crippen LogP contribution in [-0.4, -0.2) is 55.4 Å². The van der Waals surface area contributed by atoms with E-state index in [1.54, 1.807) is 12.1 Å². The van der Waals surface area contributed by atoms with Crippen LogP contribution in [0.4, 0.5) is 11.4 Å². The number of sulfone groups is 1. The lowest BCUT2D eigenvalue weighted by atomic mass is 10.2. The predicted molar refractivity (Wildman–Crippen MR) is 121 cm³/mol. The van der Waals surface area contributed by atoms with Gasteiger partial charge in [0.15, 0.2) is 15.0 Å². The molecule has 1 fully saturated rings. The Kier molecular flexibility index (Phi) is 6.01. The van der Waals surface area contributed by atoms with Crippen LogP contribution in [0.5, 0.6) is 5.75 Å². The average molecular weight is 446 g/mol. The molecule has 1 N–H and O–H groups in total. The summed E-state index contributed by atoms with van der Waals surface area (Å²) in [7, 11) is -3.03. The maximum absolute atomic E-state index is 12.8. The largest absolute Gasteiger partial charge is 0.494 e. The van der Waals surface area contributed by atoms with Gasteiger partial charge in [0.2, 0.25) is 5.91 Å². The predicted octanol–water partition coefficient (Wildman–Crippen LogP) is 2.80. The van der Waals surface area contributed by atoms with Crippen LogP contribution in [0.15, 0.2) is 59.6 Å². The number of nitrogens with one attached hydrogen (secondary N) is 1. The average Bonchev–Trinajstić information content (AvgIpc) is 3.22. The molecule has 0 saturated carbocycles. The van der Waals surface area contributed by atoms with Gasteiger partial charge >= 0.3 is 0 Å². The zero-order valence-corrected chi connectivity index (χ0v) is 18.2. The number of para-hydroxylation sites is 1. The highest BCUT2D eigenvalue weighted by molar-refractivity contribution is 8.15. The number of fused-ring (bicyclic) bond motifs is 1. The minimum Gasteiger partial charge on any atom is -0.494 e. The second kappa shape index (κ2) is 8.69. The smallest absolute Gasteiger partial charge is 0.244 e. The molecular formula is C21H23N3O4S2. The summed E-state index contributed by atoms with van der Waals surface area (Å²) >= 11 is 1.44. The lowest BCUT2D eigenvalue weighted by molar-refractivity contribution is -0.114. The van der Waals surface area contributed by atoms with E-state index in [1.165, 1.54) is 11.8 Å². The molecule has 0 aromatic heterocycles. The van der Waals surface area contributed by atoms with Crippen LogP contribution < -0.4 is 15.0 Å². The molecule has 0 aliphatic carbocycles. The number of hydrogen-bond donors (Lipinski definition) is 1. The fourth-order valence-electron chi connectivity index (χ4n) is 3.49. The van der Waals surface area contributed by atoms with Crippen molar-refractivity contribution in [2.75, 3.05) is 34.9 Å². The van der Waals surface area contributed by atoms with Gasteiger partial charge in [0, 0.05) is 16.6 Å². The Morgan fingerprint density at radius 2 is 1.90 bits per heavy atom. The molecule has 9 heteroatoms.